The molecule has 2 atom stereocenters. The van der Waals surface area contributed by atoms with E-state index in [-0.39, 0.29) is 11.7 Å². The summed E-state index contributed by atoms with van der Waals surface area (Å²) in [6.07, 6.45) is 3.44. The first-order chi connectivity index (χ1) is 6.61. The fraction of sp³-hybridized carbons (Fsp3) is 1.00. The molecule has 2 nitrogen and oxygen atoms in total. The zero-order valence-corrected chi connectivity index (χ0v) is 9.88. The molecule has 0 aromatic rings. The summed E-state index contributed by atoms with van der Waals surface area (Å²) in [6.45, 7) is 2.25. The van der Waals surface area contributed by atoms with E-state index >= 15 is 0 Å². The summed E-state index contributed by atoms with van der Waals surface area (Å²) in [4.78, 5) is 0. The van der Waals surface area contributed by atoms with Gasteiger partial charge in [0, 0.05) is 25.0 Å². The van der Waals surface area contributed by atoms with Crippen molar-refractivity contribution in [2.24, 2.45) is 17.3 Å². The fourth-order valence-corrected chi connectivity index (χ4v) is 3.71. The van der Waals surface area contributed by atoms with Crippen molar-refractivity contribution in [3.63, 3.8) is 0 Å². The Kier molecular flexibility index (Phi) is 2.80. The van der Waals surface area contributed by atoms with Gasteiger partial charge < -0.3 is 9.47 Å². The summed E-state index contributed by atoms with van der Waals surface area (Å²) < 4.78 is 10.8. The minimum atomic E-state index is -0.102. The lowest BCUT2D eigenvalue weighted by molar-refractivity contribution is -0.222. The molecule has 0 amide bonds. The monoisotopic (exact) mass is 218 g/mol. The van der Waals surface area contributed by atoms with Gasteiger partial charge in [-0.1, -0.05) is 6.92 Å². The van der Waals surface area contributed by atoms with Crippen molar-refractivity contribution >= 4 is 11.6 Å². The third kappa shape index (κ3) is 1.39. The van der Waals surface area contributed by atoms with Crippen LogP contribution < -0.4 is 0 Å². The fourth-order valence-electron chi connectivity index (χ4n) is 3.17. The molecule has 0 aromatic heterocycles. The van der Waals surface area contributed by atoms with E-state index in [0.717, 1.165) is 18.3 Å². The Labute approximate surface area is 90.9 Å². The number of methoxy groups -OCH3 is 2. The molecule has 0 spiro atoms. The van der Waals surface area contributed by atoms with Crippen LogP contribution in [0, 0.1) is 17.3 Å². The largest absolute Gasteiger partial charge is 0.355 e. The van der Waals surface area contributed by atoms with E-state index in [1.807, 2.05) is 0 Å². The first-order valence-corrected chi connectivity index (χ1v) is 5.75. The highest BCUT2D eigenvalue weighted by Gasteiger charge is 2.55. The molecule has 3 aliphatic carbocycles. The maximum atomic E-state index is 6.34. The van der Waals surface area contributed by atoms with Gasteiger partial charge in [-0.2, -0.15) is 0 Å². The molecule has 0 radical (unpaired) electrons. The van der Waals surface area contributed by atoms with Gasteiger partial charge in [0.2, 0.25) is 0 Å². The number of ether oxygens (including phenoxy) is 2. The second-order valence-corrected chi connectivity index (χ2v) is 5.52. The molecular weight excluding hydrogens is 200 g/mol. The Morgan fingerprint density at radius 1 is 1.29 bits per heavy atom. The summed E-state index contributed by atoms with van der Waals surface area (Å²) in [5.74, 6) is 1.50. The van der Waals surface area contributed by atoms with E-state index in [2.05, 4.69) is 6.92 Å². The van der Waals surface area contributed by atoms with Crippen LogP contribution in [-0.2, 0) is 9.47 Å². The average molecular weight is 219 g/mol. The lowest BCUT2D eigenvalue weighted by atomic mass is 9.52. The summed E-state index contributed by atoms with van der Waals surface area (Å²) in [5.41, 5.74) is 0.116. The second kappa shape index (κ2) is 3.66. The Hall–Kier alpha value is 0.210. The van der Waals surface area contributed by atoms with E-state index in [1.54, 1.807) is 14.2 Å². The first-order valence-electron chi connectivity index (χ1n) is 5.31. The highest BCUT2D eigenvalue weighted by molar-refractivity contribution is 6.21. The number of alkyl halides is 1. The predicted molar refractivity (Wildman–Crippen MR) is 56.4 cm³/mol. The molecule has 14 heavy (non-hydrogen) atoms. The van der Waals surface area contributed by atoms with Crippen LogP contribution >= 0.6 is 11.6 Å². The smallest absolute Gasteiger partial charge is 0.162 e. The van der Waals surface area contributed by atoms with Crippen molar-refractivity contribution in [2.45, 2.75) is 37.9 Å². The van der Waals surface area contributed by atoms with Crippen molar-refractivity contribution in [1.82, 2.24) is 0 Å². The molecule has 3 saturated carbocycles. The van der Waals surface area contributed by atoms with Crippen LogP contribution in [0.3, 0.4) is 0 Å². The summed E-state index contributed by atoms with van der Waals surface area (Å²) in [7, 11) is 3.43. The number of rotatable bonds is 3. The zero-order chi connectivity index (χ0) is 10.3. The van der Waals surface area contributed by atoms with Crippen molar-refractivity contribution in [3.8, 4) is 0 Å². The van der Waals surface area contributed by atoms with E-state index in [9.17, 15) is 0 Å². The van der Waals surface area contributed by atoms with Crippen molar-refractivity contribution in [2.75, 3.05) is 14.2 Å². The van der Waals surface area contributed by atoms with Gasteiger partial charge in [-0.25, -0.2) is 0 Å². The Morgan fingerprint density at radius 3 is 2.29 bits per heavy atom. The predicted octanol–water partition coefficient (Wildman–Crippen LogP) is 2.65. The second-order valence-electron chi connectivity index (χ2n) is 4.96. The molecule has 0 N–H and O–H groups in total. The van der Waals surface area contributed by atoms with Gasteiger partial charge >= 0.3 is 0 Å². The maximum Gasteiger partial charge on any atom is 0.162 e. The van der Waals surface area contributed by atoms with Crippen LogP contribution in [0.5, 0.6) is 0 Å². The Bertz CT molecular complexity index is 211. The minimum Gasteiger partial charge on any atom is -0.355 e. The molecule has 3 heteroatoms. The number of hydrogen-bond donors (Lipinski definition) is 0. The summed E-state index contributed by atoms with van der Waals surface area (Å²) >= 11 is 6.34. The van der Waals surface area contributed by atoms with Gasteiger partial charge in [0.15, 0.2) is 6.29 Å². The minimum absolute atomic E-state index is 0.102. The lowest BCUT2D eigenvalue weighted by Crippen LogP contribution is -2.55. The highest BCUT2D eigenvalue weighted by Crippen LogP contribution is 2.59. The van der Waals surface area contributed by atoms with Gasteiger partial charge in [0.05, 0.1) is 0 Å². The quantitative estimate of drug-likeness (QED) is 0.536. The molecule has 0 aromatic carbocycles. The molecule has 0 heterocycles. The van der Waals surface area contributed by atoms with Crippen LogP contribution in [0.2, 0.25) is 0 Å². The topological polar surface area (TPSA) is 18.5 Å². The van der Waals surface area contributed by atoms with Crippen molar-refractivity contribution in [3.05, 3.63) is 0 Å². The van der Waals surface area contributed by atoms with E-state index in [4.69, 9.17) is 21.1 Å². The van der Waals surface area contributed by atoms with E-state index < -0.39 is 0 Å². The Morgan fingerprint density at radius 2 is 1.86 bits per heavy atom. The van der Waals surface area contributed by atoms with Crippen LogP contribution in [0.15, 0.2) is 0 Å². The zero-order valence-electron chi connectivity index (χ0n) is 9.13. The standard InChI is InChI=1S/C11H19ClO2/c1-11(10(13-2)14-3)6-9(12)7-4-8(11)5-7/h7-10H,4-6H2,1-3H3. The molecule has 2 bridgehead atoms. The molecule has 3 rings (SSSR count). The Balaban J connectivity index is 2.13. The molecule has 0 aliphatic heterocycles. The van der Waals surface area contributed by atoms with Crippen LogP contribution in [0.1, 0.15) is 26.2 Å². The molecule has 0 saturated heterocycles. The number of fused-ring (bicyclic) bond motifs is 2. The molecule has 2 unspecified atom stereocenters. The molecule has 3 fully saturated rings. The lowest BCUT2D eigenvalue weighted by Gasteiger charge is -2.57. The van der Waals surface area contributed by atoms with Gasteiger partial charge in [0.1, 0.15) is 0 Å². The third-order valence-corrected chi connectivity index (χ3v) is 4.73. The van der Waals surface area contributed by atoms with E-state index in [0.29, 0.717) is 5.38 Å². The molecule has 82 valence electrons. The summed E-state index contributed by atoms with van der Waals surface area (Å²) in [5, 5.41) is 0.317. The molecular formula is C11H19ClO2. The van der Waals surface area contributed by atoms with Gasteiger partial charge in [-0.3, -0.25) is 0 Å². The summed E-state index contributed by atoms with van der Waals surface area (Å²) in [6, 6.07) is 0. The number of hydrogen-bond acceptors (Lipinski definition) is 2. The van der Waals surface area contributed by atoms with Gasteiger partial charge in [-0.05, 0) is 31.1 Å². The maximum absolute atomic E-state index is 6.34. The first kappa shape index (κ1) is 10.7. The van der Waals surface area contributed by atoms with Crippen LogP contribution in [0.25, 0.3) is 0 Å². The molecule has 3 aliphatic rings. The highest BCUT2D eigenvalue weighted by atomic mass is 35.5. The average Bonchev–Trinajstić information content (AvgIpc) is 2.01. The number of halogens is 1. The van der Waals surface area contributed by atoms with Gasteiger partial charge in [0.25, 0.3) is 0 Å². The van der Waals surface area contributed by atoms with Crippen molar-refractivity contribution < 1.29 is 9.47 Å². The van der Waals surface area contributed by atoms with Crippen molar-refractivity contribution in [1.29, 1.82) is 0 Å². The SMILES string of the molecule is COC(OC)C1(C)CC(Cl)C2CC1C2. The van der Waals surface area contributed by atoms with Crippen LogP contribution in [-0.4, -0.2) is 25.9 Å². The third-order valence-electron chi connectivity index (χ3n) is 4.22. The normalized spacial score (nSPS) is 46.5. The van der Waals surface area contributed by atoms with Crippen LogP contribution in [0.4, 0.5) is 0 Å². The van der Waals surface area contributed by atoms with E-state index in [1.165, 1.54) is 12.8 Å². The van der Waals surface area contributed by atoms with Gasteiger partial charge in [-0.15, -0.1) is 11.6 Å².